The fourth-order valence-corrected chi connectivity index (χ4v) is 5.02. The largest absolute Gasteiger partial charge is 0.465 e. The smallest absolute Gasteiger partial charge is 0.339 e. The highest BCUT2D eigenvalue weighted by atomic mass is 35.5. The van der Waals surface area contributed by atoms with Gasteiger partial charge in [0.15, 0.2) is 0 Å². The van der Waals surface area contributed by atoms with Gasteiger partial charge < -0.3 is 9.47 Å². The number of pyridine rings is 4. The van der Waals surface area contributed by atoms with Gasteiger partial charge in [-0.05, 0) is 78.7 Å². The summed E-state index contributed by atoms with van der Waals surface area (Å²) in [6.45, 7) is 0. The number of aromatic nitrogens is 7. The third-order valence-corrected chi connectivity index (χ3v) is 7.61. The average molecular weight is 725 g/mol. The predicted octanol–water partition coefficient (Wildman–Crippen LogP) is 7.27. The highest BCUT2D eigenvalue weighted by molar-refractivity contribution is 6.31. The van der Waals surface area contributed by atoms with Crippen LogP contribution in [-0.4, -0.2) is 61.5 Å². The number of H-pyrrole nitrogens is 1. The van der Waals surface area contributed by atoms with Crippen LogP contribution >= 0.6 is 23.2 Å². The number of fused-ring (bicyclic) bond motifs is 2. The zero-order chi connectivity index (χ0) is 36.1. The van der Waals surface area contributed by atoms with Crippen molar-refractivity contribution in [1.82, 2.24) is 35.3 Å². The van der Waals surface area contributed by atoms with E-state index in [1.165, 1.54) is 63.0 Å². The van der Waals surface area contributed by atoms with Crippen molar-refractivity contribution < 1.29 is 27.8 Å². The van der Waals surface area contributed by atoms with E-state index in [4.69, 9.17) is 27.9 Å². The molecule has 5 heterocycles. The molecule has 0 saturated heterocycles. The van der Waals surface area contributed by atoms with Gasteiger partial charge in [0.2, 0.25) is 0 Å². The maximum absolute atomic E-state index is 14.2. The molecule has 0 aliphatic heterocycles. The standard InChI is InChI=1S/C18H11ClFN5O2.C18H10ClFN2O2/c1-27-18(26)9-6-15-13(21-8-9)4-5-14(22-15)17-16(23-25-24-17)11-7-10(19)2-3-12(11)20;1-24-18(23)12-9-17-16(21-10-12)7-5-14(22-17)4-2-11-8-13(19)3-6-15(11)20/h2-8H,1H3,(H,23,24,25);3,5-10H,1H3. The molecule has 0 unspecified atom stereocenters. The van der Waals surface area contributed by atoms with Gasteiger partial charge in [-0.1, -0.05) is 29.1 Å². The van der Waals surface area contributed by atoms with Crippen LogP contribution in [0.5, 0.6) is 0 Å². The summed E-state index contributed by atoms with van der Waals surface area (Å²) in [5, 5.41) is 11.4. The molecule has 0 spiro atoms. The van der Waals surface area contributed by atoms with Crippen molar-refractivity contribution in [2.24, 2.45) is 0 Å². The topological polar surface area (TPSA) is 146 Å². The van der Waals surface area contributed by atoms with Gasteiger partial charge >= 0.3 is 11.9 Å². The summed E-state index contributed by atoms with van der Waals surface area (Å²) in [7, 11) is 2.58. The van der Waals surface area contributed by atoms with Crippen molar-refractivity contribution in [2.75, 3.05) is 14.2 Å². The third kappa shape index (κ3) is 7.78. The Hall–Kier alpha value is -6.36. The molecule has 2 aromatic carbocycles. The van der Waals surface area contributed by atoms with Gasteiger partial charge in [-0.15, -0.1) is 0 Å². The molecule has 0 amide bonds. The van der Waals surface area contributed by atoms with E-state index in [2.05, 4.69) is 51.9 Å². The molecule has 15 heteroatoms. The maximum atomic E-state index is 14.2. The number of carbonyl (C=O) groups excluding carboxylic acids is 2. The fraction of sp³-hybridized carbons (Fsp3) is 0.0556. The quantitative estimate of drug-likeness (QED) is 0.145. The van der Waals surface area contributed by atoms with Crippen LogP contribution in [0.3, 0.4) is 0 Å². The number of carbonyl (C=O) groups is 2. The van der Waals surface area contributed by atoms with Crippen molar-refractivity contribution in [2.45, 2.75) is 0 Å². The summed E-state index contributed by atoms with van der Waals surface area (Å²) in [6.07, 6.45) is 2.83. The summed E-state index contributed by atoms with van der Waals surface area (Å²) in [5.41, 5.74) is 4.61. The van der Waals surface area contributed by atoms with Gasteiger partial charge in [0.1, 0.15) is 28.7 Å². The first-order valence-corrected chi connectivity index (χ1v) is 15.4. The predicted molar refractivity (Wildman–Crippen MR) is 185 cm³/mol. The maximum Gasteiger partial charge on any atom is 0.339 e. The van der Waals surface area contributed by atoms with Crippen LogP contribution in [0, 0.1) is 23.5 Å². The first kappa shape index (κ1) is 34.5. The van der Waals surface area contributed by atoms with Crippen molar-refractivity contribution in [3.8, 4) is 34.5 Å². The molecule has 0 radical (unpaired) electrons. The zero-order valence-corrected chi connectivity index (χ0v) is 27.9. The zero-order valence-electron chi connectivity index (χ0n) is 26.4. The average Bonchev–Trinajstić information content (AvgIpc) is 3.65. The van der Waals surface area contributed by atoms with Crippen LogP contribution in [0.1, 0.15) is 32.0 Å². The Bertz CT molecular complexity index is 2540. The number of halogens is 4. The van der Waals surface area contributed by atoms with Crippen molar-refractivity contribution in [1.29, 1.82) is 0 Å². The van der Waals surface area contributed by atoms with E-state index < -0.39 is 23.6 Å². The number of methoxy groups -OCH3 is 2. The Labute approximate surface area is 297 Å². The first-order valence-electron chi connectivity index (χ1n) is 14.7. The number of nitrogens with one attached hydrogen (secondary N) is 1. The molecule has 5 aromatic heterocycles. The summed E-state index contributed by atoms with van der Waals surface area (Å²) in [4.78, 5) is 40.4. The highest BCUT2D eigenvalue weighted by Gasteiger charge is 2.18. The van der Waals surface area contributed by atoms with Crippen LogP contribution in [0.15, 0.2) is 85.2 Å². The van der Waals surface area contributed by atoms with Gasteiger partial charge in [0, 0.05) is 28.0 Å². The number of hydrogen-bond donors (Lipinski definition) is 1. The monoisotopic (exact) mass is 723 g/mol. The molecule has 0 bridgehead atoms. The Morgan fingerprint density at radius 1 is 0.667 bits per heavy atom. The second kappa shape index (κ2) is 15.0. The lowest BCUT2D eigenvalue weighted by Gasteiger charge is -2.05. The van der Waals surface area contributed by atoms with Crippen LogP contribution in [0.25, 0.3) is 44.7 Å². The molecule has 0 saturated carbocycles. The van der Waals surface area contributed by atoms with Gasteiger partial charge in [0.05, 0.1) is 58.7 Å². The molecule has 11 nitrogen and oxygen atoms in total. The lowest BCUT2D eigenvalue weighted by Crippen LogP contribution is -2.02. The van der Waals surface area contributed by atoms with E-state index in [9.17, 15) is 18.4 Å². The molecule has 51 heavy (non-hydrogen) atoms. The highest BCUT2D eigenvalue weighted by Crippen LogP contribution is 2.31. The summed E-state index contributed by atoms with van der Waals surface area (Å²) < 4.78 is 37.3. The second-order valence-electron chi connectivity index (χ2n) is 10.4. The molecule has 7 rings (SSSR count). The Morgan fingerprint density at radius 2 is 1.25 bits per heavy atom. The minimum absolute atomic E-state index is 0.186. The van der Waals surface area contributed by atoms with Gasteiger partial charge in [-0.3, -0.25) is 9.97 Å². The lowest BCUT2D eigenvalue weighted by molar-refractivity contribution is 0.0591. The van der Waals surface area contributed by atoms with E-state index in [-0.39, 0.29) is 22.4 Å². The molecule has 252 valence electrons. The van der Waals surface area contributed by atoms with Crippen LogP contribution < -0.4 is 0 Å². The molecule has 0 fully saturated rings. The Kier molecular flexibility index (Phi) is 10.2. The number of aromatic amines is 1. The number of esters is 2. The molecule has 0 atom stereocenters. The van der Waals surface area contributed by atoms with E-state index in [1.807, 2.05) is 0 Å². The molecule has 7 aromatic rings. The minimum atomic E-state index is -0.514. The van der Waals surface area contributed by atoms with Crippen LogP contribution in [-0.2, 0) is 9.47 Å². The van der Waals surface area contributed by atoms with Crippen LogP contribution in [0.4, 0.5) is 8.78 Å². The number of rotatable bonds is 4. The minimum Gasteiger partial charge on any atom is -0.465 e. The third-order valence-electron chi connectivity index (χ3n) is 7.14. The van der Waals surface area contributed by atoms with E-state index in [1.54, 1.807) is 36.4 Å². The summed E-state index contributed by atoms with van der Waals surface area (Å²) >= 11 is 11.8. The molecule has 0 aliphatic carbocycles. The SMILES string of the molecule is COC(=O)c1cnc2ccc(-c3n[nH]nc3-c3cc(Cl)ccc3F)nc2c1.COC(=O)c1cnc2ccc(C#Cc3cc(Cl)ccc3F)nc2c1. The molecule has 0 aliphatic rings. The van der Waals surface area contributed by atoms with Crippen LogP contribution in [0.2, 0.25) is 10.0 Å². The molecule has 1 N–H and O–H groups in total. The molecular formula is C36H21Cl2F2N7O4. The first-order chi connectivity index (χ1) is 24.6. The van der Waals surface area contributed by atoms with E-state index >= 15 is 0 Å². The number of nitrogens with zero attached hydrogens (tertiary/aromatic N) is 6. The van der Waals surface area contributed by atoms with Gasteiger partial charge in [-0.25, -0.2) is 28.3 Å². The van der Waals surface area contributed by atoms with Crippen molar-refractivity contribution in [3.63, 3.8) is 0 Å². The summed E-state index contributed by atoms with van der Waals surface area (Å²) in [6, 6.07) is 18.3. The Morgan fingerprint density at radius 3 is 1.92 bits per heavy atom. The van der Waals surface area contributed by atoms with E-state index in [0.717, 1.165) is 0 Å². The van der Waals surface area contributed by atoms with E-state index in [0.29, 0.717) is 54.8 Å². The van der Waals surface area contributed by atoms with Gasteiger partial charge in [-0.2, -0.15) is 15.4 Å². The fourth-order valence-electron chi connectivity index (χ4n) is 4.67. The van der Waals surface area contributed by atoms with Crippen molar-refractivity contribution in [3.05, 3.63) is 129 Å². The normalized spacial score (nSPS) is 10.5. The molecular weight excluding hydrogens is 703 g/mol. The second-order valence-corrected chi connectivity index (χ2v) is 11.3. The number of benzene rings is 2. The lowest BCUT2D eigenvalue weighted by atomic mass is 10.1. The van der Waals surface area contributed by atoms with Gasteiger partial charge in [0.25, 0.3) is 0 Å². The Balaban J connectivity index is 0.000000177. The summed E-state index contributed by atoms with van der Waals surface area (Å²) in [5.74, 6) is 3.53. The number of hydrogen-bond acceptors (Lipinski definition) is 10. The number of ether oxygens (including phenoxy) is 2. The van der Waals surface area contributed by atoms with Crippen molar-refractivity contribution >= 4 is 57.2 Å².